The predicted octanol–water partition coefficient (Wildman–Crippen LogP) is 4.58. The number of benzene rings is 1. The van der Waals surface area contributed by atoms with Gasteiger partial charge in [-0.3, -0.25) is 24.4 Å². The number of nitro benzene ring substituents is 1. The molecule has 20 heteroatoms. The molecule has 1 aromatic carbocycles. The Hall–Kier alpha value is -3.54. The van der Waals surface area contributed by atoms with Crippen LogP contribution in [0.25, 0.3) is 0 Å². The summed E-state index contributed by atoms with van der Waals surface area (Å²) in [5.41, 5.74) is -2.52. The highest BCUT2D eigenvalue weighted by atomic mass is 16.7. The molecule has 71 heavy (non-hydrogen) atoms. The van der Waals surface area contributed by atoms with E-state index in [9.17, 15) is 40.1 Å². The number of non-ortho nitro benzene ring substituents is 1. The Labute approximate surface area is 419 Å². The molecule has 3 aliphatic heterocycles. The summed E-state index contributed by atoms with van der Waals surface area (Å²) in [5.74, 6) is -4.75. The van der Waals surface area contributed by atoms with Crippen molar-refractivity contribution in [3.05, 3.63) is 51.8 Å². The molecule has 4 N–H and O–H groups in total. The number of nitrogens with zero attached hydrogens (tertiary/aromatic N) is 5. The van der Waals surface area contributed by atoms with Gasteiger partial charge in [0.1, 0.15) is 29.7 Å². The fourth-order valence-electron chi connectivity index (χ4n) is 10.9. The summed E-state index contributed by atoms with van der Waals surface area (Å²) in [7, 11) is 4.92. The second-order valence-electron chi connectivity index (χ2n) is 21.3. The van der Waals surface area contributed by atoms with Crippen LogP contribution in [0.2, 0.25) is 0 Å². The van der Waals surface area contributed by atoms with Crippen LogP contribution in [0, 0.1) is 33.8 Å². The van der Waals surface area contributed by atoms with Gasteiger partial charge in [0.2, 0.25) is 0 Å². The molecule has 5 rings (SSSR count). The Bertz CT molecular complexity index is 2040. The Morgan fingerprint density at radius 1 is 0.901 bits per heavy atom. The smallest absolute Gasteiger partial charge is 0.311 e. The minimum Gasteiger partial charge on any atom is -0.459 e. The highest BCUT2D eigenvalue weighted by Gasteiger charge is 2.54. The molecule has 0 aliphatic carbocycles. The zero-order chi connectivity index (χ0) is 52.7. The largest absolute Gasteiger partial charge is 0.459 e. The lowest BCUT2D eigenvalue weighted by molar-refractivity contribution is -0.384. The van der Waals surface area contributed by atoms with Gasteiger partial charge >= 0.3 is 5.97 Å². The molecule has 3 fully saturated rings. The third-order valence-corrected chi connectivity index (χ3v) is 15.7. The molecular weight excluding hydrogens is 923 g/mol. The SMILES string of the molecule is CC[C@H]1OC(=O)[C@H](C)[C@@H](O[C@H]2C[C@@](C)(OC)[C@@H](O)[C@H](C)O2)[C@H](C)[C@@H](O[C@H]2O[C@H](C)C[C@H](N(C)CCc3cn(CCCCc4ccc([N+](=O)[O-])cc4)nn3)[C@H]2O)[C@](C)(OC)C[C@@H](C)C(=O)[C@@H](C)[C@@H](O)[C@]1(C)O. The van der Waals surface area contributed by atoms with E-state index in [1.54, 1.807) is 60.6 Å². The van der Waals surface area contributed by atoms with Crippen molar-refractivity contribution in [2.75, 3.05) is 27.8 Å². The number of esters is 1. The van der Waals surface area contributed by atoms with Crippen molar-refractivity contribution in [2.24, 2.45) is 23.7 Å². The van der Waals surface area contributed by atoms with E-state index in [-0.39, 0.29) is 36.8 Å². The first-order chi connectivity index (χ1) is 33.3. The number of ether oxygens (including phenoxy) is 7. The van der Waals surface area contributed by atoms with E-state index in [1.165, 1.54) is 33.3 Å². The summed E-state index contributed by atoms with van der Waals surface area (Å²) in [6.07, 6.45) is -4.67. The fourth-order valence-corrected chi connectivity index (χ4v) is 10.9. The standard InChI is InChI=1S/C51H83N5O15/c1-14-39-51(10,62)44(59)31(4)41(57)29(2)26-50(9,66-13)46(32(5)43(33(6)47(61)69-39)70-40-27-49(8,65-12)45(60)34(7)68-40)71-48-42(58)38(25-30(3)67-48)54(11)24-22-36-28-55(53-52-36)23-16-15-17-35-18-20-37(21-19-35)56(63)64/h18-21,28-34,38-40,42-46,48,58-60,62H,14-17,22-27H2,1-13H3/t29-,30-,31-,32+,33-,34+,38+,39-,40+,42-,43+,44-,45+,46-,48-,49-,50-,51-/m1/s1. The van der Waals surface area contributed by atoms with E-state index in [0.717, 1.165) is 30.5 Å². The predicted molar refractivity (Wildman–Crippen MR) is 260 cm³/mol. The molecule has 0 unspecified atom stereocenters. The summed E-state index contributed by atoms with van der Waals surface area (Å²) in [6.45, 7) is 18.2. The van der Waals surface area contributed by atoms with Gasteiger partial charge in [-0.1, -0.05) is 45.0 Å². The summed E-state index contributed by atoms with van der Waals surface area (Å²) in [5, 5.41) is 66.4. The van der Waals surface area contributed by atoms with Gasteiger partial charge in [-0.2, -0.15) is 0 Å². The average Bonchev–Trinajstić information content (AvgIpc) is 3.80. The normalized spacial score (nSPS) is 39.0. The summed E-state index contributed by atoms with van der Waals surface area (Å²) < 4.78 is 46.5. The zero-order valence-corrected chi connectivity index (χ0v) is 44.1. The number of carbonyl (C=O) groups excluding carboxylic acids is 2. The first-order valence-corrected chi connectivity index (χ1v) is 25.4. The van der Waals surface area contributed by atoms with Crippen LogP contribution in [0.3, 0.4) is 0 Å². The number of nitro groups is 1. The number of aliphatic hydroxyl groups is 4. The van der Waals surface area contributed by atoms with E-state index in [1.807, 2.05) is 31.8 Å². The second-order valence-corrected chi connectivity index (χ2v) is 21.3. The van der Waals surface area contributed by atoms with Crippen molar-refractivity contribution in [2.45, 2.75) is 211 Å². The zero-order valence-electron chi connectivity index (χ0n) is 44.1. The maximum absolute atomic E-state index is 14.4. The van der Waals surface area contributed by atoms with Gasteiger partial charge < -0.3 is 58.5 Å². The number of unbranched alkanes of at least 4 members (excludes halogenated alkanes) is 1. The van der Waals surface area contributed by atoms with Crippen LogP contribution in [0.5, 0.6) is 0 Å². The molecule has 3 saturated heterocycles. The van der Waals surface area contributed by atoms with Gasteiger partial charge in [-0.05, 0) is 92.7 Å². The Morgan fingerprint density at radius 3 is 2.18 bits per heavy atom. The third kappa shape index (κ3) is 13.8. The maximum Gasteiger partial charge on any atom is 0.311 e. The number of Topliss-reactive ketones (excluding diaryl/α,β-unsaturated/α-hetero) is 1. The van der Waals surface area contributed by atoms with Gasteiger partial charge in [-0.15, -0.1) is 5.10 Å². The van der Waals surface area contributed by atoms with E-state index in [4.69, 9.17) is 33.2 Å². The van der Waals surface area contributed by atoms with Gasteiger partial charge in [-0.25, -0.2) is 0 Å². The number of hydrogen-bond acceptors (Lipinski definition) is 18. The number of hydrogen-bond donors (Lipinski definition) is 4. The third-order valence-electron chi connectivity index (χ3n) is 15.7. The molecule has 0 saturated carbocycles. The van der Waals surface area contributed by atoms with Crippen molar-refractivity contribution in [3.63, 3.8) is 0 Å². The second kappa shape index (κ2) is 24.7. The number of rotatable bonds is 17. The number of aromatic nitrogens is 3. The summed E-state index contributed by atoms with van der Waals surface area (Å²) in [4.78, 5) is 41.3. The molecule has 1 aromatic heterocycles. The highest BCUT2D eigenvalue weighted by Crippen LogP contribution is 2.42. The lowest BCUT2D eigenvalue weighted by Crippen LogP contribution is -2.61. The van der Waals surface area contributed by atoms with E-state index >= 15 is 0 Å². The molecule has 20 nitrogen and oxygen atoms in total. The van der Waals surface area contributed by atoms with Gasteiger partial charge in [0.25, 0.3) is 5.69 Å². The number of aliphatic hydroxyl groups excluding tert-OH is 3. The molecule has 402 valence electrons. The average molecular weight is 1010 g/mol. The lowest BCUT2D eigenvalue weighted by Gasteiger charge is -2.50. The summed E-state index contributed by atoms with van der Waals surface area (Å²) in [6, 6.07) is 6.17. The van der Waals surface area contributed by atoms with Crippen LogP contribution in [0.15, 0.2) is 30.5 Å². The molecule has 0 radical (unpaired) electrons. The van der Waals surface area contributed by atoms with Crippen LogP contribution in [0.1, 0.15) is 119 Å². The van der Waals surface area contributed by atoms with E-state index in [0.29, 0.717) is 25.9 Å². The molecule has 3 aliphatic rings. The monoisotopic (exact) mass is 1010 g/mol. The van der Waals surface area contributed by atoms with Crippen molar-refractivity contribution >= 4 is 17.4 Å². The van der Waals surface area contributed by atoms with Crippen molar-refractivity contribution in [3.8, 4) is 0 Å². The van der Waals surface area contributed by atoms with Crippen LogP contribution in [-0.4, -0.2) is 169 Å². The van der Waals surface area contributed by atoms with E-state index < -0.39 is 113 Å². The molecule has 4 heterocycles. The highest BCUT2D eigenvalue weighted by molar-refractivity contribution is 5.83. The number of cyclic esters (lactones) is 1. The van der Waals surface area contributed by atoms with Crippen LogP contribution >= 0.6 is 0 Å². The minimum absolute atomic E-state index is 0.0619. The van der Waals surface area contributed by atoms with Crippen LogP contribution in [-0.2, 0) is 62.1 Å². The Morgan fingerprint density at radius 2 is 1.56 bits per heavy atom. The Kier molecular flexibility index (Phi) is 20.3. The summed E-state index contributed by atoms with van der Waals surface area (Å²) >= 11 is 0. The number of carbonyl (C=O) groups is 2. The number of aryl methyl sites for hydroxylation is 2. The van der Waals surface area contributed by atoms with Crippen LogP contribution in [0.4, 0.5) is 5.69 Å². The number of methoxy groups -OCH3 is 2. The Balaban J connectivity index is 1.40. The van der Waals surface area contributed by atoms with Crippen molar-refractivity contribution in [1.29, 1.82) is 0 Å². The fraction of sp³-hybridized carbons (Fsp3) is 0.804. The minimum atomic E-state index is -2.01. The maximum atomic E-state index is 14.4. The molecule has 18 atom stereocenters. The number of ketones is 1. The van der Waals surface area contributed by atoms with Crippen molar-refractivity contribution in [1.82, 2.24) is 19.9 Å². The van der Waals surface area contributed by atoms with E-state index in [2.05, 4.69) is 15.2 Å². The van der Waals surface area contributed by atoms with Gasteiger partial charge in [0.05, 0.1) is 58.3 Å². The molecule has 0 spiro atoms. The topological polar surface area (TPSA) is 257 Å². The molecule has 2 aromatic rings. The first kappa shape index (κ1) is 58.4. The lowest BCUT2D eigenvalue weighted by atomic mass is 9.74. The number of likely N-dealkylation sites (N-methyl/N-ethyl adjacent to an activating group) is 1. The quantitative estimate of drug-likeness (QED) is 0.0732. The molecule has 0 amide bonds. The van der Waals surface area contributed by atoms with Crippen molar-refractivity contribution < 1.29 is 68.1 Å². The van der Waals surface area contributed by atoms with Crippen LogP contribution < -0.4 is 0 Å². The van der Waals surface area contributed by atoms with Gasteiger partial charge in [0, 0.05) is 82.3 Å². The molecule has 0 bridgehead atoms. The first-order valence-electron chi connectivity index (χ1n) is 25.4. The van der Waals surface area contributed by atoms with Gasteiger partial charge in [0.15, 0.2) is 12.6 Å². The molecular formula is C51H83N5O15.